The Morgan fingerprint density at radius 2 is 2.40 bits per heavy atom. The summed E-state index contributed by atoms with van der Waals surface area (Å²) in [5, 5.41) is 8.36. The van der Waals surface area contributed by atoms with Crippen molar-refractivity contribution in [3.63, 3.8) is 0 Å². The predicted molar refractivity (Wildman–Crippen MR) is 36.0 cm³/mol. The van der Waals surface area contributed by atoms with Crippen molar-refractivity contribution in [2.45, 2.75) is 19.8 Å². The first-order chi connectivity index (χ1) is 4.74. The average Bonchev–Trinajstić information content (AvgIpc) is 2.34. The van der Waals surface area contributed by atoms with Gasteiger partial charge < -0.3 is 4.42 Å². The van der Waals surface area contributed by atoms with Gasteiger partial charge in [0.05, 0.1) is 0 Å². The van der Waals surface area contributed by atoms with Crippen molar-refractivity contribution < 1.29 is 9.62 Å². The Hall–Kier alpha value is -1.03. The van der Waals surface area contributed by atoms with E-state index in [0.29, 0.717) is 11.7 Å². The van der Waals surface area contributed by atoms with Gasteiger partial charge in [-0.05, 0) is 0 Å². The van der Waals surface area contributed by atoms with E-state index in [9.17, 15) is 0 Å². The van der Waals surface area contributed by atoms with Crippen LogP contribution in [0, 0.1) is 0 Å². The summed E-state index contributed by atoms with van der Waals surface area (Å²) in [6.07, 6.45) is 1.37. The van der Waals surface area contributed by atoms with Gasteiger partial charge in [0.1, 0.15) is 6.26 Å². The van der Waals surface area contributed by atoms with E-state index >= 15 is 0 Å². The van der Waals surface area contributed by atoms with E-state index in [1.54, 1.807) is 0 Å². The molecule has 1 aromatic rings. The predicted octanol–water partition coefficient (Wildman–Crippen LogP) is 1.60. The molecule has 0 amide bonds. The van der Waals surface area contributed by atoms with E-state index in [1.807, 2.05) is 19.3 Å². The Kier molecular flexibility index (Phi) is 1.91. The van der Waals surface area contributed by atoms with Gasteiger partial charge in [0.25, 0.3) is 0 Å². The van der Waals surface area contributed by atoms with Crippen LogP contribution in [0.2, 0.25) is 0 Å². The molecule has 2 N–H and O–H groups in total. The van der Waals surface area contributed by atoms with Crippen molar-refractivity contribution in [2.75, 3.05) is 5.48 Å². The van der Waals surface area contributed by atoms with E-state index in [1.165, 1.54) is 6.26 Å². The highest BCUT2D eigenvalue weighted by Crippen LogP contribution is 2.14. The molecule has 0 saturated heterocycles. The summed E-state index contributed by atoms with van der Waals surface area (Å²) in [6, 6.07) is 0. The van der Waals surface area contributed by atoms with Crippen LogP contribution in [0.3, 0.4) is 0 Å². The van der Waals surface area contributed by atoms with Gasteiger partial charge in [0.2, 0.25) is 0 Å². The largest absolute Gasteiger partial charge is 0.446 e. The molecule has 56 valence electrons. The summed E-state index contributed by atoms with van der Waals surface area (Å²) in [5.41, 5.74) is 1.90. The highest BCUT2D eigenvalue weighted by atomic mass is 16.5. The van der Waals surface area contributed by atoms with Crippen molar-refractivity contribution >= 4 is 5.82 Å². The molecule has 0 aromatic carbocycles. The maximum absolute atomic E-state index is 8.36. The molecule has 0 unspecified atom stereocenters. The van der Waals surface area contributed by atoms with Gasteiger partial charge in [-0.1, -0.05) is 13.8 Å². The number of oxazole rings is 1. The normalized spacial score (nSPS) is 10.4. The fourth-order valence-electron chi connectivity index (χ4n) is 0.604. The molecule has 0 aliphatic rings. The quantitative estimate of drug-likeness (QED) is 0.616. The van der Waals surface area contributed by atoms with Crippen LogP contribution in [0.4, 0.5) is 5.82 Å². The van der Waals surface area contributed by atoms with Crippen LogP contribution in [-0.4, -0.2) is 10.2 Å². The SMILES string of the molecule is CC(C)c1nc(NO)co1. The first-order valence-electron chi connectivity index (χ1n) is 3.09. The Bertz CT molecular complexity index is 207. The Labute approximate surface area is 58.8 Å². The molecule has 4 heteroatoms. The smallest absolute Gasteiger partial charge is 0.198 e. The molecule has 0 aliphatic heterocycles. The maximum atomic E-state index is 8.36. The Balaban J connectivity index is 2.78. The molecular weight excluding hydrogens is 132 g/mol. The maximum Gasteiger partial charge on any atom is 0.198 e. The molecule has 0 radical (unpaired) electrons. The van der Waals surface area contributed by atoms with Crippen LogP contribution in [0.15, 0.2) is 10.7 Å². The fourth-order valence-corrected chi connectivity index (χ4v) is 0.604. The van der Waals surface area contributed by atoms with E-state index in [2.05, 4.69) is 4.98 Å². The fraction of sp³-hybridized carbons (Fsp3) is 0.500. The van der Waals surface area contributed by atoms with E-state index in [-0.39, 0.29) is 5.92 Å². The molecule has 0 spiro atoms. The zero-order chi connectivity index (χ0) is 7.56. The summed E-state index contributed by atoms with van der Waals surface area (Å²) in [4.78, 5) is 3.90. The Morgan fingerprint density at radius 3 is 2.70 bits per heavy atom. The minimum atomic E-state index is 0.252. The standard InChI is InChI=1S/C6H10N2O2/c1-4(2)6-7-5(8-9)3-10-6/h3-4,8-9H,1-2H3. The van der Waals surface area contributed by atoms with E-state index < -0.39 is 0 Å². The number of nitrogens with one attached hydrogen (secondary N) is 1. The lowest BCUT2D eigenvalue weighted by Gasteiger charge is -1.93. The summed E-state index contributed by atoms with van der Waals surface area (Å²) < 4.78 is 4.98. The molecule has 1 heterocycles. The molecular formula is C6H10N2O2. The highest BCUT2D eigenvalue weighted by Gasteiger charge is 2.05. The summed E-state index contributed by atoms with van der Waals surface area (Å²) >= 11 is 0. The summed E-state index contributed by atoms with van der Waals surface area (Å²) in [7, 11) is 0. The van der Waals surface area contributed by atoms with Crippen LogP contribution >= 0.6 is 0 Å². The summed E-state index contributed by atoms with van der Waals surface area (Å²) in [5.74, 6) is 1.22. The van der Waals surface area contributed by atoms with Crippen LogP contribution in [0.25, 0.3) is 0 Å². The number of hydrogen-bond acceptors (Lipinski definition) is 4. The molecule has 0 atom stereocenters. The lowest BCUT2D eigenvalue weighted by atomic mass is 10.2. The van der Waals surface area contributed by atoms with Gasteiger partial charge in [0.15, 0.2) is 11.7 Å². The average molecular weight is 142 g/mol. The minimum Gasteiger partial charge on any atom is -0.446 e. The van der Waals surface area contributed by atoms with Gasteiger partial charge in [-0.3, -0.25) is 5.21 Å². The van der Waals surface area contributed by atoms with Crippen molar-refractivity contribution in [1.82, 2.24) is 4.98 Å². The van der Waals surface area contributed by atoms with Crippen molar-refractivity contribution in [3.8, 4) is 0 Å². The molecule has 10 heavy (non-hydrogen) atoms. The topological polar surface area (TPSA) is 58.3 Å². The van der Waals surface area contributed by atoms with Gasteiger partial charge in [0, 0.05) is 5.92 Å². The zero-order valence-electron chi connectivity index (χ0n) is 5.96. The molecule has 0 fully saturated rings. The van der Waals surface area contributed by atoms with Crippen LogP contribution in [0.5, 0.6) is 0 Å². The lowest BCUT2D eigenvalue weighted by molar-refractivity contribution is 0.385. The molecule has 0 saturated carbocycles. The van der Waals surface area contributed by atoms with E-state index in [0.717, 1.165) is 0 Å². The summed E-state index contributed by atoms with van der Waals surface area (Å²) in [6.45, 7) is 3.93. The monoisotopic (exact) mass is 142 g/mol. The van der Waals surface area contributed by atoms with Crippen molar-refractivity contribution in [2.24, 2.45) is 0 Å². The number of hydrogen-bond donors (Lipinski definition) is 2. The zero-order valence-corrected chi connectivity index (χ0v) is 5.96. The first-order valence-corrected chi connectivity index (χ1v) is 3.09. The lowest BCUT2D eigenvalue weighted by Crippen LogP contribution is -1.90. The molecule has 1 aromatic heterocycles. The molecule has 0 aliphatic carbocycles. The molecule has 1 rings (SSSR count). The van der Waals surface area contributed by atoms with Crippen LogP contribution in [0.1, 0.15) is 25.7 Å². The minimum absolute atomic E-state index is 0.252. The molecule has 0 bridgehead atoms. The van der Waals surface area contributed by atoms with Gasteiger partial charge in [-0.2, -0.15) is 4.98 Å². The van der Waals surface area contributed by atoms with Crippen LogP contribution in [-0.2, 0) is 0 Å². The first kappa shape index (κ1) is 7.08. The van der Waals surface area contributed by atoms with Gasteiger partial charge >= 0.3 is 0 Å². The Morgan fingerprint density at radius 1 is 1.70 bits per heavy atom. The second-order valence-electron chi connectivity index (χ2n) is 2.34. The molecule has 4 nitrogen and oxygen atoms in total. The highest BCUT2D eigenvalue weighted by molar-refractivity contribution is 5.26. The van der Waals surface area contributed by atoms with Crippen LogP contribution < -0.4 is 5.48 Å². The number of rotatable bonds is 2. The number of nitrogens with zero attached hydrogens (tertiary/aromatic N) is 1. The third kappa shape index (κ3) is 1.27. The second-order valence-corrected chi connectivity index (χ2v) is 2.34. The van der Waals surface area contributed by atoms with Gasteiger partial charge in [-0.15, -0.1) is 0 Å². The third-order valence-corrected chi connectivity index (χ3v) is 1.13. The second kappa shape index (κ2) is 2.70. The van der Waals surface area contributed by atoms with E-state index in [4.69, 9.17) is 9.62 Å². The third-order valence-electron chi connectivity index (χ3n) is 1.13. The van der Waals surface area contributed by atoms with Crippen molar-refractivity contribution in [3.05, 3.63) is 12.2 Å². The number of aromatic nitrogens is 1. The van der Waals surface area contributed by atoms with Crippen molar-refractivity contribution in [1.29, 1.82) is 0 Å². The van der Waals surface area contributed by atoms with Gasteiger partial charge in [-0.25, -0.2) is 5.48 Å². The number of anilines is 1.